The molecule has 3 saturated heterocycles. The Hall–Kier alpha value is -4.26. The van der Waals surface area contributed by atoms with Gasteiger partial charge < -0.3 is 30.2 Å². The molecule has 8 rings (SSSR count). The number of benzene rings is 1. The van der Waals surface area contributed by atoms with E-state index >= 15 is 0 Å². The fourth-order valence-electron chi connectivity index (χ4n) is 8.42. The lowest BCUT2D eigenvalue weighted by atomic mass is 9.95. The molecule has 3 N–H and O–H groups in total. The molecule has 1 amide bonds. The maximum absolute atomic E-state index is 14.9. The van der Waals surface area contributed by atoms with E-state index < -0.39 is 12.0 Å². The lowest BCUT2D eigenvalue weighted by Crippen LogP contribution is -2.44. The number of hydrogen-bond acceptors (Lipinski definition) is 12. The van der Waals surface area contributed by atoms with Crippen molar-refractivity contribution in [2.24, 2.45) is 0 Å². The predicted octanol–water partition coefficient (Wildman–Crippen LogP) is 3.17. The fourth-order valence-corrected chi connectivity index (χ4v) is 9.37. The van der Waals surface area contributed by atoms with Crippen molar-refractivity contribution < 1.29 is 18.3 Å². The molecule has 12 nitrogen and oxygen atoms in total. The number of anilines is 3. The van der Waals surface area contributed by atoms with Crippen LogP contribution in [0.1, 0.15) is 42.5 Å². The van der Waals surface area contributed by atoms with E-state index in [1.54, 1.807) is 25.1 Å². The van der Waals surface area contributed by atoms with Gasteiger partial charge in [0.1, 0.15) is 41.5 Å². The van der Waals surface area contributed by atoms with Crippen molar-refractivity contribution in [2.45, 2.75) is 62.4 Å². The monoisotopic (exact) mass is 690 g/mol. The number of ether oxygens (including phenoxy) is 1. The minimum absolute atomic E-state index is 0.0350. The van der Waals surface area contributed by atoms with Crippen LogP contribution in [0, 0.1) is 17.1 Å². The summed E-state index contributed by atoms with van der Waals surface area (Å²) < 4.78 is 36.3. The van der Waals surface area contributed by atoms with E-state index in [1.807, 2.05) is 11.2 Å². The predicted molar refractivity (Wildman–Crippen MR) is 183 cm³/mol. The minimum Gasteiger partial charge on any atom is -0.461 e. The summed E-state index contributed by atoms with van der Waals surface area (Å²) in [5.41, 5.74) is 12.0. The zero-order valence-electron chi connectivity index (χ0n) is 27.7. The number of likely N-dealkylation sites (N-methyl/N-ethyl adjacent to an activating group) is 1. The van der Waals surface area contributed by atoms with Crippen molar-refractivity contribution in [1.82, 2.24) is 30.2 Å². The van der Waals surface area contributed by atoms with E-state index in [-0.39, 0.29) is 35.1 Å². The van der Waals surface area contributed by atoms with Crippen LogP contribution >= 0.6 is 11.3 Å². The average molecular weight is 691 g/mol. The Kier molecular flexibility index (Phi) is 8.00. The Morgan fingerprint density at radius 3 is 2.94 bits per heavy atom. The average Bonchev–Trinajstić information content (AvgIpc) is 3.80. The van der Waals surface area contributed by atoms with E-state index in [0.29, 0.717) is 73.7 Å². The van der Waals surface area contributed by atoms with Gasteiger partial charge in [0.15, 0.2) is 0 Å². The molecule has 2 unspecified atom stereocenters. The SMILES string of the molecule is CN(C)C(=O)C1CC2CN(c3nc(OC[C@@]45CCCN4C[C@H](F)C5)nc4c3CCN(c3ccc(F)c5sc(N)c(C#N)c35)C4)CC=CN2N1. The molecule has 0 radical (unpaired) electrons. The normalized spacial score (nSPS) is 26.4. The highest BCUT2D eigenvalue weighted by atomic mass is 32.1. The summed E-state index contributed by atoms with van der Waals surface area (Å²) in [6.07, 6.45) is 6.78. The number of thiophene rings is 1. The molecule has 0 spiro atoms. The van der Waals surface area contributed by atoms with Crippen LogP contribution in [0.3, 0.4) is 0 Å². The fraction of sp³-hybridized carbons (Fsp3) is 0.529. The van der Waals surface area contributed by atoms with Gasteiger partial charge in [-0.3, -0.25) is 9.69 Å². The molecule has 49 heavy (non-hydrogen) atoms. The zero-order valence-corrected chi connectivity index (χ0v) is 28.5. The van der Waals surface area contributed by atoms with Crippen LogP contribution in [-0.2, 0) is 17.8 Å². The number of nitrogen functional groups attached to an aromatic ring is 1. The summed E-state index contributed by atoms with van der Waals surface area (Å²) in [5.74, 6) is 0.412. The Morgan fingerprint density at radius 1 is 1.27 bits per heavy atom. The maximum atomic E-state index is 14.9. The first-order valence-electron chi connectivity index (χ1n) is 16.9. The van der Waals surface area contributed by atoms with E-state index in [9.17, 15) is 18.8 Å². The topological polar surface area (TPSA) is 130 Å². The van der Waals surface area contributed by atoms with Gasteiger partial charge in [-0.05, 0) is 50.4 Å². The standard InChI is InChI=1S/C34H40F2N10O2S/c1-42(2)32(47)25-13-21-17-44(9-4-11-46(21)41-25)31-22-7-12-43(27-6-5-24(36)29-28(27)23(15-37)30(38)49-29)18-26(22)39-33(40-31)48-19-34-8-3-10-45(34)16-20(35)14-34/h4-6,11,20-21,25,41H,3,7-10,12-14,16-19,38H2,1-2H3/t20-,21?,25?,34+/m1/s1. The van der Waals surface area contributed by atoms with Gasteiger partial charge in [0.05, 0.1) is 34.1 Å². The van der Waals surface area contributed by atoms with Crippen LogP contribution in [0.4, 0.5) is 25.3 Å². The second-order valence-corrected chi connectivity index (χ2v) is 15.1. The third-order valence-corrected chi connectivity index (χ3v) is 11.8. The van der Waals surface area contributed by atoms with E-state index in [2.05, 4.69) is 32.3 Å². The Labute approximate surface area is 287 Å². The molecule has 0 aliphatic carbocycles. The smallest absolute Gasteiger partial charge is 0.318 e. The molecule has 5 aliphatic heterocycles. The van der Waals surface area contributed by atoms with Crippen LogP contribution in [-0.4, -0.2) is 108 Å². The van der Waals surface area contributed by atoms with E-state index in [4.69, 9.17) is 20.4 Å². The van der Waals surface area contributed by atoms with E-state index in [1.165, 1.54) is 6.07 Å². The molecule has 4 atom stereocenters. The van der Waals surface area contributed by atoms with Gasteiger partial charge in [-0.15, -0.1) is 11.3 Å². The molecule has 2 aromatic heterocycles. The molecule has 0 saturated carbocycles. The maximum Gasteiger partial charge on any atom is 0.318 e. The highest BCUT2D eigenvalue weighted by Crippen LogP contribution is 2.43. The lowest BCUT2D eigenvalue weighted by molar-refractivity contribution is -0.130. The van der Waals surface area contributed by atoms with Gasteiger partial charge in [0.25, 0.3) is 0 Å². The molecule has 3 fully saturated rings. The first-order valence-corrected chi connectivity index (χ1v) is 17.7. The number of nitrogens with two attached hydrogens (primary N) is 1. The largest absolute Gasteiger partial charge is 0.461 e. The van der Waals surface area contributed by atoms with Gasteiger partial charge >= 0.3 is 6.01 Å². The van der Waals surface area contributed by atoms with Crippen molar-refractivity contribution in [3.05, 3.63) is 47.0 Å². The number of nitrogens with one attached hydrogen (secondary N) is 1. The third kappa shape index (κ3) is 5.50. The number of rotatable bonds is 6. The number of nitrogens with zero attached hydrogens (tertiary/aromatic N) is 8. The van der Waals surface area contributed by atoms with Crippen LogP contribution in [0.5, 0.6) is 6.01 Å². The summed E-state index contributed by atoms with van der Waals surface area (Å²) in [4.78, 5) is 31.0. The van der Waals surface area contributed by atoms with Crippen molar-refractivity contribution in [3.8, 4) is 12.1 Å². The summed E-state index contributed by atoms with van der Waals surface area (Å²) >= 11 is 1.09. The van der Waals surface area contributed by atoms with Gasteiger partial charge in [0, 0.05) is 69.5 Å². The zero-order chi connectivity index (χ0) is 34.0. The number of hydrazine groups is 1. The number of alkyl halides is 1. The minimum atomic E-state index is -0.871. The molecule has 258 valence electrons. The lowest BCUT2D eigenvalue weighted by Gasteiger charge is -2.35. The number of halogens is 2. The van der Waals surface area contributed by atoms with Gasteiger partial charge in [-0.25, -0.2) is 14.2 Å². The van der Waals surface area contributed by atoms with Crippen LogP contribution in [0.2, 0.25) is 0 Å². The molecular weight excluding hydrogens is 651 g/mol. The second kappa shape index (κ2) is 12.3. The summed E-state index contributed by atoms with van der Waals surface area (Å²) in [6, 6.07) is 5.29. The van der Waals surface area contributed by atoms with Crippen molar-refractivity contribution in [3.63, 3.8) is 0 Å². The second-order valence-electron chi connectivity index (χ2n) is 14.0. The van der Waals surface area contributed by atoms with Gasteiger partial charge in [0.2, 0.25) is 5.91 Å². The number of carbonyl (C=O) groups excluding carboxylic acids is 1. The number of amides is 1. The molecule has 1 aromatic carbocycles. The highest BCUT2D eigenvalue weighted by molar-refractivity contribution is 7.23. The molecule has 7 heterocycles. The van der Waals surface area contributed by atoms with Crippen LogP contribution < -0.4 is 25.7 Å². The quantitative estimate of drug-likeness (QED) is 0.396. The van der Waals surface area contributed by atoms with Crippen LogP contribution in [0.25, 0.3) is 10.1 Å². The summed E-state index contributed by atoms with van der Waals surface area (Å²) in [7, 11) is 3.53. The molecule has 3 aromatic rings. The first-order chi connectivity index (χ1) is 23.6. The Bertz CT molecular complexity index is 1880. The number of nitriles is 1. The van der Waals surface area contributed by atoms with Crippen LogP contribution in [0.15, 0.2) is 24.4 Å². The molecule has 0 bridgehead atoms. The summed E-state index contributed by atoms with van der Waals surface area (Å²) in [6.45, 7) is 3.83. The number of hydrogen-bond donors (Lipinski definition) is 2. The highest BCUT2D eigenvalue weighted by Gasteiger charge is 2.49. The van der Waals surface area contributed by atoms with Crippen molar-refractivity contribution in [2.75, 3.05) is 69.0 Å². The van der Waals surface area contributed by atoms with Gasteiger partial charge in [-0.2, -0.15) is 15.2 Å². The number of fused-ring (bicyclic) bond motifs is 4. The van der Waals surface area contributed by atoms with Crippen molar-refractivity contribution in [1.29, 1.82) is 5.26 Å². The number of aromatic nitrogens is 2. The Morgan fingerprint density at radius 2 is 2.12 bits per heavy atom. The number of carbonyl (C=O) groups is 1. The molecule has 15 heteroatoms. The molecule has 5 aliphatic rings. The third-order valence-electron chi connectivity index (χ3n) is 10.8. The van der Waals surface area contributed by atoms with Gasteiger partial charge in [-0.1, -0.05) is 0 Å². The summed E-state index contributed by atoms with van der Waals surface area (Å²) in [5, 5.41) is 12.8. The van der Waals surface area contributed by atoms with Crippen molar-refractivity contribution >= 4 is 43.8 Å². The first kappa shape index (κ1) is 32.0. The van der Waals surface area contributed by atoms with E-state index in [0.717, 1.165) is 53.5 Å². The molecular formula is C34H40F2N10O2S. The Balaban J connectivity index is 1.14.